The highest BCUT2D eigenvalue weighted by atomic mass is 16.7. The van der Waals surface area contributed by atoms with E-state index in [4.69, 9.17) is 9.47 Å². The molecule has 2 aliphatic heterocycles. The molecular formula is C11H13NO2. The lowest BCUT2D eigenvalue weighted by Crippen LogP contribution is -2.07. The highest BCUT2D eigenvalue weighted by molar-refractivity contribution is 5.45. The molecule has 14 heavy (non-hydrogen) atoms. The third kappa shape index (κ3) is 1.24. The first-order valence-electron chi connectivity index (χ1n) is 5.04. The van der Waals surface area contributed by atoms with Gasteiger partial charge in [0.2, 0.25) is 6.79 Å². The molecule has 0 saturated carbocycles. The fourth-order valence-corrected chi connectivity index (χ4v) is 2.11. The maximum Gasteiger partial charge on any atom is 0.231 e. The predicted molar refractivity (Wildman–Crippen MR) is 52.8 cm³/mol. The van der Waals surface area contributed by atoms with Crippen LogP contribution in [0.25, 0.3) is 0 Å². The molecule has 1 atom stereocenters. The fourth-order valence-electron chi connectivity index (χ4n) is 2.11. The lowest BCUT2D eigenvalue weighted by atomic mass is 9.98. The molecule has 1 aromatic rings. The van der Waals surface area contributed by atoms with Crippen LogP contribution in [0.15, 0.2) is 18.2 Å². The zero-order valence-corrected chi connectivity index (χ0v) is 7.95. The highest BCUT2D eigenvalue weighted by Gasteiger charge is 2.20. The molecule has 1 fully saturated rings. The van der Waals surface area contributed by atoms with E-state index in [-0.39, 0.29) is 0 Å². The summed E-state index contributed by atoms with van der Waals surface area (Å²) >= 11 is 0. The van der Waals surface area contributed by atoms with E-state index in [1.165, 1.54) is 12.0 Å². The minimum Gasteiger partial charge on any atom is -0.454 e. The van der Waals surface area contributed by atoms with Crippen molar-refractivity contribution < 1.29 is 9.47 Å². The molecule has 3 heteroatoms. The Hall–Kier alpha value is -1.22. The van der Waals surface area contributed by atoms with E-state index in [1.807, 2.05) is 6.07 Å². The molecule has 1 N–H and O–H groups in total. The van der Waals surface area contributed by atoms with Crippen molar-refractivity contribution >= 4 is 0 Å². The van der Waals surface area contributed by atoms with Crippen LogP contribution in [-0.2, 0) is 0 Å². The lowest BCUT2D eigenvalue weighted by Gasteiger charge is -2.08. The Bertz CT molecular complexity index is 345. The van der Waals surface area contributed by atoms with Crippen molar-refractivity contribution in [2.45, 2.75) is 12.3 Å². The Morgan fingerprint density at radius 3 is 3.00 bits per heavy atom. The summed E-state index contributed by atoms with van der Waals surface area (Å²) in [5.41, 5.74) is 1.36. The molecule has 0 radical (unpaired) electrons. The van der Waals surface area contributed by atoms with Crippen molar-refractivity contribution in [1.82, 2.24) is 5.32 Å². The van der Waals surface area contributed by atoms with Gasteiger partial charge in [-0.15, -0.1) is 0 Å². The maximum atomic E-state index is 5.36. The molecule has 1 saturated heterocycles. The van der Waals surface area contributed by atoms with Gasteiger partial charge in [0, 0.05) is 6.54 Å². The van der Waals surface area contributed by atoms with E-state index in [1.54, 1.807) is 0 Å². The Kier molecular flexibility index (Phi) is 1.84. The van der Waals surface area contributed by atoms with Crippen LogP contribution in [0.4, 0.5) is 0 Å². The van der Waals surface area contributed by atoms with Gasteiger partial charge in [0.15, 0.2) is 11.5 Å². The molecule has 2 aliphatic rings. The van der Waals surface area contributed by atoms with Gasteiger partial charge < -0.3 is 14.8 Å². The molecule has 1 aromatic carbocycles. The van der Waals surface area contributed by atoms with Crippen molar-refractivity contribution in [1.29, 1.82) is 0 Å². The van der Waals surface area contributed by atoms with E-state index >= 15 is 0 Å². The molecule has 74 valence electrons. The number of rotatable bonds is 1. The van der Waals surface area contributed by atoms with Crippen molar-refractivity contribution in [3.8, 4) is 11.5 Å². The average Bonchev–Trinajstić information content (AvgIpc) is 2.88. The molecule has 2 heterocycles. The molecule has 0 spiro atoms. The lowest BCUT2D eigenvalue weighted by molar-refractivity contribution is 0.174. The molecule has 0 bridgehead atoms. The Balaban J connectivity index is 1.91. The van der Waals surface area contributed by atoms with Gasteiger partial charge in [0.1, 0.15) is 0 Å². The summed E-state index contributed by atoms with van der Waals surface area (Å²) < 4.78 is 10.6. The van der Waals surface area contributed by atoms with Crippen LogP contribution in [-0.4, -0.2) is 19.9 Å². The molecule has 0 unspecified atom stereocenters. The zero-order chi connectivity index (χ0) is 9.38. The summed E-state index contributed by atoms with van der Waals surface area (Å²) in [7, 11) is 0. The summed E-state index contributed by atoms with van der Waals surface area (Å²) in [5, 5.41) is 3.37. The largest absolute Gasteiger partial charge is 0.454 e. The van der Waals surface area contributed by atoms with Gasteiger partial charge in [-0.2, -0.15) is 0 Å². The molecule has 3 rings (SSSR count). The summed E-state index contributed by atoms with van der Waals surface area (Å²) in [6, 6.07) is 6.27. The first-order valence-corrected chi connectivity index (χ1v) is 5.04. The maximum absolute atomic E-state index is 5.36. The van der Waals surface area contributed by atoms with Gasteiger partial charge >= 0.3 is 0 Å². The van der Waals surface area contributed by atoms with E-state index in [0.29, 0.717) is 12.7 Å². The van der Waals surface area contributed by atoms with E-state index in [0.717, 1.165) is 24.6 Å². The van der Waals surface area contributed by atoms with Crippen molar-refractivity contribution in [3.05, 3.63) is 23.8 Å². The third-order valence-corrected chi connectivity index (χ3v) is 2.93. The van der Waals surface area contributed by atoms with Crippen LogP contribution in [0.2, 0.25) is 0 Å². The van der Waals surface area contributed by atoms with Crippen LogP contribution < -0.4 is 14.8 Å². The van der Waals surface area contributed by atoms with Crippen LogP contribution in [0.3, 0.4) is 0 Å². The summed E-state index contributed by atoms with van der Waals surface area (Å²) in [6.45, 7) is 2.57. The van der Waals surface area contributed by atoms with Gasteiger partial charge in [-0.1, -0.05) is 6.07 Å². The van der Waals surface area contributed by atoms with Gasteiger partial charge in [0.25, 0.3) is 0 Å². The number of hydrogen-bond donors (Lipinski definition) is 1. The highest BCUT2D eigenvalue weighted by Crippen LogP contribution is 2.35. The first-order chi connectivity index (χ1) is 6.93. The van der Waals surface area contributed by atoms with Gasteiger partial charge in [-0.3, -0.25) is 0 Å². The quantitative estimate of drug-likeness (QED) is 0.729. The molecule has 0 amide bonds. The van der Waals surface area contributed by atoms with E-state index in [9.17, 15) is 0 Å². The normalized spacial score (nSPS) is 24.1. The topological polar surface area (TPSA) is 30.5 Å². The van der Waals surface area contributed by atoms with E-state index in [2.05, 4.69) is 17.4 Å². The molecule has 0 aliphatic carbocycles. The van der Waals surface area contributed by atoms with Crippen LogP contribution in [0.1, 0.15) is 17.9 Å². The van der Waals surface area contributed by atoms with Crippen LogP contribution in [0.5, 0.6) is 11.5 Å². The average molecular weight is 191 g/mol. The second-order valence-electron chi connectivity index (χ2n) is 3.80. The van der Waals surface area contributed by atoms with Gasteiger partial charge in [-0.05, 0) is 36.6 Å². The Morgan fingerprint density at radius 1 is 1.21 bits per heavy atom. The van der Waals surface area contributed by atoms with Crippen molar-refractivity contribution in [2.24, 2.45) is 0 Å². The minimum absolute atomic E-state index is 0.363. The standard InChI is InChI=1S/C11H13NO2/c1-2-10-11(14-7-13-10)5-8(1)9-3-4-12-6-9/h1-2,5,9,12H,3-4,6-7H2/t9-/m0/s1. The first kappa shape index (κ1) is 8.12. The fraction of sp³-hybridized carbons (Fsp3) is 0.455. The number of hydrogen-bond acceptors (Lipinski definition) is 3. The Labute approximate surface area is 83.0 Å². The van der Waals surface area contributed by atoms with Gasteiger partial charge in [0.05, 0.1) is 0 Å². The second-order valence-corrected chi connectivity index (χ2v) is 3.80. The molecule has 0 aromatic heterocycles. The monoisotopic (exact) mass is 191 g/mol. The zero-order valence-electron chi connectivity index (χ0n) is 7.95. The number of fused-ring (bicyclic) bond motifs is 1. The number of ether oxygens (including phenoxy) is 2. The smallest absolute Gasteiger partial charge is 0.231 e. The SMILES string of the molecule is c1cc2c(cc1[C@H]1CCNC1)OCO2. The van der Waals surface area contributed by atoms with Crippen molar-refractivity contribution in [3.63, 3.8) is 0 Å². The van der Waals surface area contributed by atoms with Gasteiger partial charge in [-0.25, -0.2) is 0 Å². The third-order valence-electron chi connectivity index (χ3n) is 2.93. The molecule has 3 nitrogen and oxygen atoms in total. The minimum atomic E-state index is 0.363. The number of benzene rings is 1. The van der Waals surface area contributed by atoms with E-state index < -0.39 is 0 Å². The molecular weight excluding hydrogens is 178 g/mol. The Morgan fingerprint density at radius 2 is 2.14 bits per heavy atom. The number of nitrogens with one attached hydrogen (secondary N) is 1. The van der Waals surface area contributed by atoms with Crippen LogP contribution >= 0.6 is 0 Å². The van der Waals surface area contributed by atoms with Crippen molar-refractivity contribution in [2.75, 3.05) is 19.9 Å². The second kappa shape index (κ2) is 3.17. The summed E-state index contributed by atoms with van der Waals surface area (Å²) in [6.07, 6.45) is 1.22. The van der Waals surface area contributed by atoms with Crippen LogP contribution in [0, 0.1) is 0 Å². The predicted octanol–water partition coefficient (Wildman–Crippen LogP) is 1.49. The summed E-state index contributed by atoms with van der Waals surface area (Å²) in [5.74, 6) is 2.42. The summed E-state index contributed by atoms with van der Waals surface area (Å²) in [4.78, 5) is 0.